The predicted octanol–water partition coefficient (Wildman–Crippen LogP) is 3.14. The zero-order valence-corrected chi connectivity index (χ0v) is 22.0. The molecule has 4 rings (SSSR count). The van der Waals surface area contributed by atoms with Crippen LogP contribution in [0.3, 0.4) is 0 Å². The lowest BCUT2D eigenvalue weighted by Crippen LogP contribution is -2.39. The van der Waals surface area contributed by atoms with Gasteiger partial charge in [0, 0.05) is 32.1 Å². The standard InChI is InChI=1S/C28H38N8O/c1-19-13-14-22-21(17-19)25(32-23-11-7-8-12-24(23)33-28(29)30)34-26(31-22)27(37)36(3)16-15-35(2)18-20-9-5-4-6-10-20/h4-6,9-10,13-14,17,23-24H,7-8,11-12,15-16,18H2,1-3H3,(H4,29,30,33)(H,31,32,34). The molecule has 196 valence electrons. The van der Waals surface area contributed by atoms with Crippen molar-refractivity contribution in [3.8, 4) is 0 Å². The number of nitrogens with one attached hydrogen (secondary N) is 1. The highest BCUT2D eigenvalue weighted by Gasteiger charge is 2.27. The van der Waals surface area contributed by atoms with Crippen molar-refractivity contribution < 1.29 is 4.79 Å². The molecule has 0 bridgehead atoms. The quantitative estimate of drug-likeness (QED) is 0.303. The minimum atomic E-state index is -0.206. The summed E-state index contributed by atoms with van der Waals surface area (Å²) in [6.07, 6.45) is 4.00. The van der Waals surface area contributed by atoms with E-state index in [9.17, 15) is 4.79 Å². The molecule has 0 aliphatic heterocycles. The molecule has 1 saturated carbocycles. The molecule has 2 aromatic carbocycles. The Balaban J connectivity index is 1.52. The topological polar surface area (TPSA) is 126 Å². The molecule has 1 aliphatic rings. The smallest absolute Gasteiger partial charge is 0.291 e. The lowest BCUT2D eigenvalue weighted by atomic mass is 9.90. The van der Waals surface area contributed by atoms with Crippen LogP contribution in [0.1, 0.15) is 47.4 Å². The highest BCUT2D eigenvalue weighted by molar-refractivity contribution is 5.96. The molecule has 0 saturated heterocycles. The molecule has 1 amide bonds. The van der Waals surface area contributed by atoms with Gasteiger partial charge >= 0.3 is 0 Å². The van der Waals surface area contributed by atoms with E-state index in [0.29, 0.717) is 12.4 Å². The van der Waals surface area contributed by atoms with E-state index in [4.69, 9.17) is 16.5 Å². The van der Waals surface area contributed by atoms with Crippen LogP contribution in [0, 0.1) is 6.92 Å². The molecule has 2 unspecified atom stereocenters. The SMILES string of the molecule is Cc1ccc2nc(C(=O)N(C)CCN(C)Cc3ccccc3)nc(NC3CCCCC3N=C(N)N)c2c1. The Hall–Kier alpha value is -3.72. The first kappa shape index (κ1) is 26.3. The largest absolute Gasteiger partial charge is 0.370 e. The molecule has 5 N–H and O–H groups in total. The lowest BCUT2D eigenvalue weighted by Gasteiger charge is -2.30. The molecule has 37 heavy (non-hydrogen) atoms. The maximum atomic E-state index is 13.4. The van der Waals surface area contributed by atoms with Gasteiger partial charge in [-0.05, 0) is 44.5 Å². The van der Waals surface area contributed by atoms with Crippen LogP contribution in [-0.4, -0.2) is 70.9 Å². The van der Waals surface area contributed by atoms with Gasteiger partial charge in [0.15, 0.2) is 5.96 Å². The number of aliphatic imine (C=N–C) groups is 1. The number of nitrogens with zero attached hydrogens (tertiary/aromatic N) is 5. The number of carbonyl (C=O) groups excluding carboxylic acids is 1. The minimum absolute atomic E-state index is 0.0294. The summed E-state index contributed by atoms with van der Waals surface area (Å²) in [5.74, 6) is 0.718. The first-order chi connectivity index (χ1) is 17.8. The number of hydrogen-bond donors (Lipinski definition) is 3. The third-order valence-electron chi connectivity index (χ3n) is 6.87. The molecule has 2 atom stereocenters. The van der Waals surface area contributed by atoms with E-state index in [-0.39, 0.29) is 29.8 Å². The molecule has 1 fully saturated rings. The van der Waals surface area contributed by atoms with Crippen molar-refractivity contribution in [3.63, 3.8) is 0 Å². The van der Waals surface area contributed by atoms with Gasteiger partial charge < -0.3 is 26.6 Å². The summed E-state index contributed by atoms with van der Waals surface area (Å²) < 4.78 is 0. The van der Waals surface area contributed by atoms with Crippen LogP contribution in [-0.2, 0) is 6.54 Å². The fourth-order valence-electron chi connectivity index (χ4n) is 4.82. The summed E-state index contributed by atoms with van der Waals surface area (Å²) in [7, 11) is 3.85. The Kier molecular flexibility index (Phi) is 8.55. The first-order valence-corrected chi connectivity index (χ1v) is 12.9. The van der Waals surface area contributed by atoms with Crippen LogP contribution in [0.4, 0.5) is 5.82 Å². The minimum Gasteiger partial charge on any atom is -0.370 e. The number of carbonyl (C=O) groups is 1. The third-order valence-corrected chi connectivity index (χ3v) is 6.87. The Labute approximate surface area is 219 Å². The maximum absolute atomic E-state index is 13.4. The molecule has 1 aliphatic carbocycles. The molecular formula is C28H38N8O. The maximum Gasteiger partial charge on any atom is 0.291 e. The van der Waals surface area contributed by atoms with Crippen molar-refractivity contribution in [3.05, 3.63) is 65.5 Å². The predicted molar refractivity (Wildman–Crippen MR) is 149 cm³/mol. The van der Waals surface area contributed by atoms with E-state index < -0.39 is 0 Å². The van der Waals surface area contributed by atoms with Crippen molar-refractivity contribution in [2.24, 2.45) is 16.5 Å². The van der Waals surface area contributed by atoms with Crippen molar-refractivity contribution in [1.82, 2.24) is 19.8 Å². The Morgan fingerprint density at radius 1 is 1.05 bits per heavy atom. The molecule has 9 heteroatoms. The van der Waals surface area contributed by atoms with E-state index in [0.717, 1.165) is 55.2 Å². The second-order valence-corrected chi connectivity index (χ2v) is 10.0. The summed E-state index contributed by atoms with van der Waals surface area (Å²) in [6.45, 7) is 4.15. The van der Waals surface area contributed by atoms with Crippen molar-refractivity contribution in [2.45, 2.75) is 51.2 Å². The first-order valence-electron chi connectivity index (χ1n) is 12.9. The molecule has 1 aromatic heterocycles. The molecule has 9 nitrogen and oxygen atoms in total. The Morgan fingerprint density at radius 2 is 1.81 bits per heavy atom. The van der Waals surface area contributed by atoms with E-state index >= 15 is 0 Å². The Morgan fingerprint density at radius 3 is 2.57 bits per heavy atom. The Bertz CT molecular complexity index is 1240. The van der Waals surface area contributed by atoms with Gasteiger partial charge in [0.05, 0.1) is 17.6 Å². The number of aryl methyl sites for hydroxylation is 1. The molecule has 0 radical (unpaired) electrons. The third kappa shape index (κ3) is 6.95. The number of anilines is 1. The van der Waals surface area contributed by atoms with Crippen LogP contribution < -0.4 is 16.8 Å². The summed E-state index contributed by atoms with van der Waals surface area (Å²) in [5, 5.41) is 4.46. The number of aromatic nitrogens is 2. The van der Waals surface area contributed by atoms with Gasteiger partial charge in [-0.25, -0.2) is 15.0 Å². The van der Waals surface area contributed by atoms with Crippen LogP contribution in [0.2, 0.25) is 0 Å². The van der Waals surface area contributed by atoms with Gasteiger partial charge in [0.2, 0.25) is 5.82 Å². The number of fused-ring (bicyclic) bond motifs is 1. The lowest BCUT2D eigenvalue weighted by molar-refractivity contribution is 0.0770. The fraction of sp³-hybridized carbons (Fsp3) is 0.429. The summed E-state index contributed by atoms with van der Waals surface area (Å²) in [6, 6.07) is 16.3. The number of nitrogens with two attached hydrogens (primary N) is 2. The van der Waals surface area contributed by atoms with Gasteiger partial charge in [0.1, 0.15) is 5.82 Å². The van der Waals surface area contributed by atoms with Gasteiger partial charge in [-0.1, -0.05) is 54.8 Å². The van der Waals surface area contributed by atoms with Gasteiger partial charge in [-0.15, -0.1) is 0 Å². The van der Waals surface area contributed by atoms with E-state index in [1.54, 1.807) is 11.9 Å². The highest BCUT2D eigenvalue weighted by atomic mass is 16.2. The average Bonchev–Trinajstić information content (AvgIpc) is 2.88. The van der Waals surface area contributed by atoms with Gasteiger partial charge in [-0.2, -0.15) is 0 Å². The van der Waals surface area contributed by atoms with Gasteiger partial charge in [0.25, 0.3) is 5.91 Å². The number of benzene rings is 2. The second-order valence-electron chi connectivity index (χ2n) is 10.0. The van der Waals surface area contributed by atoms with Crippen LogP contribution in [0.15, 0.2) is 53.5 Å². The van der Waals surface area contributed by atoms with E-state index in [1.807, 2.05) is 43.3 Å². The number of amides is 1. The van der Waals surface area contributed by atoms with Crippen LogP contribution in [0.25, 0.3) is 10.9 Å². The van der Waals surface area contributed by atoms with Crippen molar-refractivity contribution in [2.75, 3.05) is 32.5 Å². The van der Waals surface area contributed by atoms with Crippen molar-refractivity contribution >= 4 is 28.6 Å². The van der Waals surface area contributed by atoms with Crippen LogP contribution in [0.5, 0.6) is 0 Å². The molecule has 3 aromatic rings. The zero-order valence-electron chi connectivity index (χ0n) is 22.0. The number of hydrogen-bond acceptors (Lipinski definition) is 6. The zero-order chi connectivity index (χ0) is 26.4. The fourth-order valence-corrected chi connectivity index (χ4v) is 4.82. The summed E-state index contributed by atoms with van der Waals surface area (Å²) in [5.41, 5.74) is 14.5. The summed E-state index contributed by atoms with van der Waals surface area (Å²) in [4.78, 5) is 31.1. The van der Waals surface area contributed by atoms with Crippen LogP contribution >= 0.6 is 0 Å². The van der Waals surface area contributed by atoms with Crippen molar-refractivity contribution in [1.29, 1.82) is 0 Å². The average molecular weight is 503 g/mol. The van der Waals surface area contributed by atoms with E-state index in [2.05, 4.69) is 39.4 Å². The van der Waals surface area contributed by atoms with Gasteiger partial charge in [-0.3, -0.25) is 4.79 Å². The number of guanidine groups is 1. The monoisotopic (exact) mass is 502 g/mol. The number of rotatable bonds is 9. The summed E-state index contributed by atoms with van der Waals surface area (Å²) >= 11 is 0. The molecule has 1 heterocycles. The highest BCUT2D eigenvalue weighted by Crippen LogP contribution is 2.28. The normalized spacial score (nSPS) is 17.5. The van der Waals surface area contributed by atoms with E-state index in [1.165, 1.54) is 5.56 Å². The molecular weight excluding hydrogens is 464 g/mol. The number of likely N-dealkylation sites (N-methyl/N-ethyl adjacent to an activating group) is 2. The second kappa shape index (κ2) is 12.0. The molecule has 0 spiro atoms.